The average Bonchev–Trinajstić information content (AvgIpc) is 2.64. The Labute approximate surface area is 118 Å². The number of halogens is 1. The fraction of sp³-hybridized carbons (Fsp3) is 0.308. The minimum atomic E-state index is -0.549. The monoisotopic (exact) mass is 325 g/mol. The number of nitrogens with zero attached hydrogens (tertiary/aromatic N) is 1. The summed E-state index contributed by atoms with van der Waals surface area (Å²) in [5.41, 5.74) is 0.986. The van der Waals surface area contributed by atoms with Gasteiger partial charge in [-0.05, 0) is 34.5 Å². The van der Waals surface area contributed by atoms with E-state index in [9.17, 15) is 14.4 Å². The topological polar surface area (TPSA) is 63.7 Å². The highest BCUT2D eigenvalue weighted by molar-refractivity contribution is 9.10. The van der Waals surface area contributed by atoms with Gasteiger partial charge in [0.25, 0.3) is 11.7 Å². The summed E-state index contributed by atoms with van der Waals surface area (Å²) in [5.74, 6) is -1.39. The number of carbonyl (C=O) groups excluding carboxylic acids is 3. The lowest BCUT2D eigenvalue weighted by Gasteiger charge is -2.15. The summed E-state index contributed by atoms with van der Waals surface area (Å²) in [7, 11) is 1.32. The smallest absolute Gasteiger partial charge is 0.305 e. The normalized spacial score (nSPS) is 13.7. The van der Waals surface area contributed by atoms with Crippen LogP contribution in [0.3, 0.4) is 0 Å². The fourth-order valence-electron chi connectivity index (χ4n) is 2.01. The Morgan fingerprint density at radius 2 is 2.11 bits per heavy atom. The summed E-state index contributed by atoms with van der Waals surface area (Å²) < 4.78 is 5.14. The number of rotatable bonds is 4. The SMILES string of the molecule is COC(=O)CCCN1C(=O)C(=O)c2c(Br)cccc21. The number of fused-ring (bicyclic) bond motifs is 1. The molecule has 1 aliphatic heterocycles. The lowest BCUT2D eigenvalue weighted by molar-refractivity contribution is -0.140. The molecule has 19 heavy (non-hydrogen) atoms. The zero-order chi connectivity index (χ0) is 14.0. The largest absolute Gasteiger partial charge is 0.469 e. The van der Waals surface area contributed by atoms with Crippen molar-refractivity contribution in [3.05, 3.63) is 28.2 Å². The van der Waals surface area contributed by atoms with Crippen molar-refractivity contribution >= 4 is 39.3 Å². The molecule has 5 nitrogen and oxygen atoms in total. The third kappa shape index (κ3) is 2.53. The van der Waals surface area contributed by atoms with E-state index < -0.39 is 11.7 Å². The van der Waals surface area contributed by atoms with Crippen LogP contribution in [0.5, 0.6) is 0 Å². The van der Waals surface area contributed by atoms with Gasteiger partial charge in [0.1, 0.15) is 0 Å². The lowest BCUT2D eigenvalue weighted by atomic mass is 10.1. The molecule has 0 aromatic heterocycles. The molecule has 0 bridgehead atoms. The highest BCUT2D eigenvalue weighted by Gasteiger charge is 2.36. The van der Waals surface area contributed by atoms with Crippen molar-refractivity contribution in [2.75, 3.05) is 18.6 Å². The number of ketones is 1. The summed E-state index contributed by atoms with van der Waals surface area (Å²) in [6, 6.07) is 5.21. The lowest BCUT2D eigenvalue weighted by Crippen LogP contribution is -2.31. The second-order valence-electron chi connectivity index (χ2n) is 4.10. The minimum Gasteiger partial charge on any atom is -0.469 e. The van der Waals surface area contributed by atoms with E-state index in [0.29, 0.717) is 28.7 Å². The first kappa shape index (κ1) is 13.7. The number of carbonyl (C=O) groups is 3. The van der Waals surface area contributed by atoms with Crippen molar-refractivity contribution in [1.29, 1.82) is 0 Å². The summed E-state index contributed by atoms with van der Waals surface area (Å²) in [5, 5.41) is 0. The maximum atomic E-state index is 11.9. The molecule has 1 amide bonds. The Morgan fingerprint density at radius 3 is 2.79 bits per heavy atom. The molecule has 100 valence electrons. The van der Waals surface area contributed by atoms with Gasteiger partial charge in [-0.3, -0.25) is 14.4 Å². The molecule has 0 fully saturated rings. The molecule has 2 rings (SSSR count). The molecule has 1 aromatic rings. The van der Waals surface area contributed by atoms with E-state index >= 15 is 0 Å². The maximum Gasteiger partial charge on any atom is 0.305 e. The molecule has 0 saturated heterocycles. The summed E-state index contributed by atoms with van der Waals surface area (Å²) >= 11 is 3.27. The van der Waals surface area contributed by atoms with E-state index in [4.69, 9.17) is 0 Å². The standard InChI is InChI=1S/C13H12BrNO4/c1-19-10(16)6-3-7-15-9-5-2-4-8(14)11(9)12(17)13(15)18/h2,4-5H,3,6-7H2,1H3. The fourth-order valence-corrected chi connectivity index (χ4v) is 2.54. The zero-order valence-electron chi connectivity index (χ0n) is 10.3. The van der Waals surface area contributed by atoms with Gasteiger partial charge in [-0.15, -0.1) is 0 Å². The van der Waals surface area contributed by atoms with Gasteiger partial charge in [-0.2, -0.15) is 0 Å². The van der Waals surface area contributed by atoms with E-state index in [1.54, 1.807) is 18.2 Å². The van der Waals surface area contributed by atoms with Crippen LogP contribution in [0.1, 0.15) is 23.2 Å². The van der Waals surface area contributed by atoms with Gasteiger partial charge >= 0.3 is 5.97 Å². The van der Waals surface area contributed by atoms with E-state index in [2.05, 4.69) is 20.7 Å². The van der Waals surface area contributed by atoms with Crippen molar-refractivity contribution in [2.24, 2.45) is 0 Å². The third-order valence-corrected chi connectivity index (χ3v) is 3.60. The van der Waals surface area contributed by atoms with Crippen molar-refractivity contribution < 1.29 is 19.1 Å². The Balaban J connectivity index is 2.15. The van der Waals surface area contributed by atoms with Crippen LogP contribution in [0, 0.1) is 0 Å². The Hall–Kier alpha value is -1.69. The van der Waals surface area contributed by atoms with Crippen molar-refractivity contribution in [1.82, 2.24) is 0 Å². The van der Waals surface area contributed by atoms with Crippen molar-refractivity contribution in [3.63, 3.8) is 0 Å². The van der Waals surface area contributed by atoms with Gasteiger partial charge in [0.15, 0.2) is 0 Å². The molecule has 0 radical (unpaired) electrons. The number of Topliss-reactive ketones (excluding diaryl/α,β-unsaturated/α-hetero) is 1. The highest BCUT2D eigenvalue weighted by atomic mass is 79.9. The van der Waals surface area contributed by atoms with Gasteiger partial charge in [0.05, 0.1) is 18.4 Å². The van der Waals surface area contributed by atoms with E-state index in [1.165, 1.54) is 12.0 Å². The number of methoxy groups -OCH3 is 1. The summed E-state index contributed by atoms with van der Waals surface area (Å²) in [6.07, 6.45) is 0.676. The van der Waals surface area contributed by atoms with Gasteiger partial charge in [-0.1, -0.05) is 6.07 Å². The van der Waals surface area contributed by atoms with Crippen LogP contribution in [0.4, 0.5) is 5.69 Å². The Morgan fingerprint density at radius 1 is 1.37 bits per heavy atom. The molecule has 1 aromatic carbocycles. The Kier molecular flexibility index (Phi) is 3.99. The van der Waals surface area contributed by atoms with Gasteiger partial charge < -0.3 is 9.64 Å². The predicted molar refractivity (Wildman–Crippen MR) is 72.1 cm³/mol. The minimum absolute atomic E-state index is 0.220. The first-order valence-corrected chi connectivity index (χ1v) is 6.57. The van der Waals surface area contributed by atoms with E-state index in [0.717, 1.165) is 0 Å². The number of hydrogen-bond acceptors (Lipinski definition) is 4. The summed E-state index contributed by atoms with van der Waals surface area (Å²) in [4.78, 5) is 36.2. The molecular formula is C13H12BrNO4. The van der Waals surface area contributed by atoms with E-state index in [1.807, 2.05) is 0 Å². The van der Waals surface area contributed by atoms with Crippen LogP contribution in [-0.4, -0.2) is 31.3 Å². The van der Waals surface area contributed by atoms with Crippen LogP contribution in [0.2, 0.25) is 0 Å². The van der Waals surface area contributed by atoms with Crippen LogP contribution in [-0.2, 0) is 14.3 Å². The van der Waals surface area contributed by atoms with Gasteiger partial charge in [0.2, 0.25) is 0 Å². The van der Waals surface area contributed by atoms with Crippen LogP contribution in [0.25, 0.3) is 0 Å². The molecule has 0 aliphatic carbocycles. The van der Waals surface area contributed by atoms with E-state index in [-0.39, 0.29) is 12.4 Å². The second-order valence-corrected chi connectivity index (χ2v) is 4.95. The third-order valence-electron chi connectivity index (χ3n) is 2.94. The number of hydrogen-bond donors (Lipinski definition) is 0. The zero-order valence-corrected chi connectivity index (χ0v) is 11.9. The highest BCUT2D eigenvalue weighted by Crippen LogP contribution is 2.34. The average molecular weight is 326 g/mol. The molecular weight excluding hydrogens is 314 g/mol. The van der Waals surface area contributed by atoms with Gasteiger partial charge in [-0.25, -0.2) is 0 Å². The number of esters is 1. The molecule has 1 aliphatic rings. The predicted octanol–water partition coefficient (Wildman–Crippen LogP) is 1.93. The number of ether oxygens (including phenoxy) is 1. The van der Waals surface area contributed by atoms with Gasteiger partial charge in [0, 0.05) is 17.4 Å². The number of benzene rings is 1. The van der Waals surface area contributed by atoms with Crippen LogP contribution >= 0.6 is 15.9 Å². The quantitative estimate of drug-likeness (QED) is 0.626. The molecule has 6 heteroatoms. The van der Waals surface area contributed by atoms with Crippen molar-refractivity contribution in [2.45, 2.75) is 12.8 Å². The molecule has 0 spiro atoms. The molecule has 1 heterocycles. The summed E-state index contributed by atoms with van der Waals surface area (Å²) in [6.45, 7) is 0.323. The van der Waals surface area contributed by atoms with Crippen LogP contribution in [0.15, 0.2) is 22.7 Å². The second kappa shape index (κ2) is 5.52. The first-order valence-electron chi connectivity index (χ1n) is 5.77. The van der Waals surface area contributed by atoms with Crippen molar-refractivity contribution in [3.8, 4) is 0 Å². The molecule has 0 unspecified atom stereocenters. The number of anilines is 1. The molecule has 0 saturated carbocycles. The molecule has 0 atom stereocenters. The number of amides is 1. The first-order chi connectivity index (χ1) is 9.06. The Bertz CT molecular complexity index is 556. The molecule has 0 N–H and O–H groups in total. The maximum absolute atomic E-state index is 11.9. The van der Waals surface area contributed by atoms with Crippen LogP contribution < -0.4 is 4.90 Å².